The molecule has 0 atom stereocenters. The van der Waals surface area contributed by atoms with Crippen LogP contribution in [0.15, 0.2) is 53.0 Å². The lowest BCUT2D eigenvalue weighted by molar-refractivity contribution is 0.323. The molecule has 0 saturated carbocycles. The molecule has 0 aromatic heterocycles. The van der Waals surface area contributed by atoms with E-state index in [0.29, 0.717) is 10.8 Å². The van der Waals surface area contributed by atoms with Crippen molar-refractivity contribution >= 4 is 37.6 Å². The normalized spacial score (nSPS) is 11.4. The standard InChI is InChI=1S/C15H15BrClNO3S/c16-13-7-5-12(6-8-13)11-22(19,20)18-9-10-21-15-4-2-1-3-14(15)17/h1-8,18H,9-11H2. The van der Waals surface area contributed by atoms with Gasteiger partial charge in [-0.1, -0.05) is 51.8 Å². The summed E-state index contributed by atoms with van der Waals surface area (Å²) in [5.74, 6) is 0.475. The second kappa shape index (κ2) is 7.97. The minimum Gasteiger partial charge on any atom is -0.491 e. The third-order valence-electron chi connectivity index (χ3n) is 2.79. The molecular weight excluding hydrogens is 390 g/mol. The number of halogens is 2. The maximum atomic E-state index is 12.0. The van der Waals surface area contributed by atoms with Gasteiger partial charge in [0.05, 0.1) is 10.8 Å². The fourth-order valence-corrected chi connectivity index (χ4v) is 3.35. The molecule has 0 radical (unpaired) electrons. The number of benzene rings is 2. The molecule has 2 rings (SSSR count). The Hall–Kier alpha value is -1.08. The Bertz CT molecular complexity index is 720. The molecule has 0 spiro atoms. The van der Waals surface area contributed by atoms with E-state index in [1.807, 2.05) is 12.1 Å². The smallest absolute Gasteiger partial charge is 0.215 e. The molecule has 0 unspecified atom stereocenters. The molecule has 7 heteroatoms. The van der Waals surface area contributed by atoms with Gasteiger partial charge in [0.15, 0.2) is 0 Å². The lowest BCUT2D eigenvalue weighted by atomic mass is 10.2. The van der Waals surface area contributed by atoms with Crippen LogP contribution in [-0.2, 0) is 15.8 Å². The van der Waals surface area contributed by atoms with Crippen LogP contribution in [0.3, 0.4) is 0 Å². The second-order valence-electron chi connectivity index (χ2n) is 4.56. The molecule has 4 nitrogen and oxygen atoms in total. The van der Waals surface area contributed by atoms with Crippen molar-refractivity contribution in [3.8, 4) is 5.75 Å². The third kappa shape index (κ3) is 5.61. The maximum Gasteiger partial charge on any atom is 0.215 e. The second-order valence-corrected chi connectivity index (χ2v) is 7.69. The van der Waals surface area contributed by atoms with Crippen LogP contribution < -0.4 is 9.46 Å². The third-order valence-corrected chi connectivity index (χ3v) is 4.99. The van der Waals surface area contributed by atoms with Crippen LogP contribution in [0.1, 0.15) is 5.56 Å². The molecular formula is C15H15BrClNO3S. The minimum atomic E-state index is -3.39. The van der Waals surface area contributed by atoms with Gasteiger partial charge < -0.3 is 4.74 Å². The first-order valence-electron chi connectivity index (χ1n) is 6.55. The van der Waals surface area contributed by atoms with E-state index in [-0.39, 0.29) is 18.9 Å². The van der Waals surface area contributed by atoms with Gasteiger partial charge in [-0.25, -0.2) is 13.1 Å². The summed E-state index contributed by atoms with van der Waals surface area (Å²) in [6, 6.07) is 14.2. The zero-order chi connectivity index (χ0) is 16.0. The van der Waals surface area contributed by atoms with Gasteiger partial charge in [0.25, 0.3) is 0 Å². The fourth-order valence-electron chi connectivity index (χ4n) is 1.77. The number of sulfonamides is 1. The largest absolute Gasteiger partial charge is 0.491 e. The first kappa shape index (κ1) is 17.3. The monoisotopic (exact) mass is 403 g/mol. The molecule has 2 aromatic carbocycles. The van der Waals surface area contributed by atoms with E-state index in [9.17, 15) is 8.42 Å². The van der Waals surface area contributed by atoms with E-state index in [4.69, 9.17) is 16.3 Å². The fraction of sp³-hybridized carbons (Fsp3) is 0.200. The number of hydrogen-bond donors (Lipinski definition) is 1. The molecule has 0 amide bonds. The molecule has 2 aromatic rings. The molecule has 0 heterocycles. The van der Waals surface area contributed by atoms with Gasteiger partial charge in [0, 0.05) is 11.0 Å². The van der Waals surface area contributed by atoms with Gasteiger partial charge in [-0.2, -0.15) is 0 Å². The average molecular weight is 405 g/mol. The van der Waals surface area contributed by atoms with Gasteiger partial charge in [0.2, 0.25) is 10.0 Å². The van der Waals surface area contributed by atoms with Crippen molar-refractivity contribution < 1.29 is 13.2 Å². The van der Waals surface area contributed by atoms with Crippen molar-refractivity contribution in [3.63, 3.8) is 0 Å². The summed E-state index contributed by atoms with van der Waals surface area (Å²) < 4.78 is 32.8. The van der Waals surface area contributed by atoms with Gasteiger partial charge in [-0.15, -0.1) is 0 Å². The Kier molecular flexibility index (Phi) is 6.26. The van der Waals surface area contributed by atoms with E-state index in [1.54, 1.807) is 36.4 Å². The van der Waals surface area contributed by atoms with Gasteiger partial charge >= 0.3 is 0 Å². The van der Waals surface area contributed by atoms with Crippen LogP contribution in [0.25, 0.3) is 0 Å². The SMILES string of the molecule is O=S(=O)(Cc1ccc(Br)cc1)NCCOc1ccccc1Cl. The Morgan fingerprint density at radius 2 is 1.77 bits per heavy atom. The van der Waals surface area contributed by atoms with Gasteiger partial charge in [0.1, 0.15) is 12.4 Å². The first-order valence-corrected chi connectivity index (χ1v) is 9.38. The molecule has 0 aliphatic carbocycles. The van der Waals surface area contributed by atoms with E-state index >= 15 is 0 Å². The highest BCUT2D eigenvalue weighted by Gasteiger charge is 2.11. The quantitative estimate of drug-likeness (QED) is 0.717. The number of hydrogen-bond acceptors (Lipinski definition) is 3. The summed E-state index contributed by atoms with van der Waals surface area (Å²) >= 11 is 9.26. The predicted molar refractivity (Wildman–Crippen MR) is 91.7 cm³/mol. The molecule has 0 fully saturated rings. The zero-order valence-electron chi connectivity index (χ0n) is 11.6. The zero-order valence-corrected chi connectivity index (χ0v) is 14.8. The average Bonchev–Trinajstić information content (AvgIpc) is 2.47. The number of nitrogens with one attached hydrogen (secondary N) is 1. The molecule has 22 heavy (non-hydrogen) atoms. The molecule has 118 valence electrons. The number of rotatable bonds is 7. The Morgan fingerprint density at radius 3 is 2.45 bits per heavy atom. The lowest BCUT2D eigenvalue weighted by Crippen LogP contribution is -2.29. The maximum absolute atomic E-state index is 12.0. The van der Waals surface area contributed by atoms with Crippen molar-refractivity contribution in [1.82, 2.24) is 4.72 Å². The Labute approximate surface area is 143 Å². The van der Waals surface area contributed by atoms with E-state index in [2.05, 4.69) is 20.7 Å². The highest BCUT2D eigenvalue weighted by Crippen LogP contribution is 2.22. The molecule has 0 aliphatic heterocycles. The van der Waals surface area contributed by atoms with Crippen molar-refractivity contribution in [2.75, 3.05) is 13.2 Å². The lowest BCUT2D eigenvalue weighted by Gasteiger charge is -2.09. The van der Waals surface area contributed by atoms with Crippen molar-refractivity contribution in [2.45, 2.75) is 5.75 Å². The van der Waals surface area contributed by atoms with E-state index < -0.39 is 10.0 Å². The van der Waals surface area contributed by atoms with Gasteiger partial charge in [-0.05, 0) is 29.8 Å². The minimum absolute atomic E-state index is 0.0631. The summed E-state index contributed by atoms with van der Waals surface area (Å²) in [5, 5.41) is 0.500. The van der Waals surface area contributed by atoms with Crippen LogP contribution in [0.4, 0.5) is 0 Å². The van der Waals surface area contributed by atoms with E-state index in [1.165, 1.54) is 0 Å². The number of para-hydroxylation sites is 1. The van der Waals surface area contributed by atoms with Crippen LogP contribution in [0, 0.1) is 0 Å². The summed E-state index contributed by atoms with van der Waals surface area (Å²) in [7, 11) is -3.39. The summed E-state index contributed by atoms with van der Waals surface area (Å²) in [5.41, 5.74) is 0.725. The van der Waals surface area contributed by atoms with Crippen LogP contribution >= 0.6 is 27.5 Å². The molecule has 0 saturated heterocycles. The molecule has 1 N–H and O–H groups in total. The molecule has 0 bridgehead atoms. The van der Waals surface area contributed by atoms with Gasteiger partial charge in [-0.3, -0.25) is 0 Å². The van der Waals surface area contributed by atoms with Crippen molar-refractivity contribution in [2.24, 2.45) is 0 Å². The number of ether oxygens (including phenoxy) is 1. The highest BCUT2D eigenvalue weighted by atomic mass is 79.9. The van der Waals surface area contributed by atoms with Crippen LogP contribution in [-0.4, -0.2) is 21.6 Å². The summed E-state index contributed by atoms with van der Waals surface area (Å²) in [4.78, 5) is 0. The Morgan fingerprint density at radius 1 is 1.09 bits per heavy atom. The topological polar surface area (TPSA) is 55.4 Å². The van der Waals surface area contributed by atoms with Crippen molar-refractivity contribution in [1.29, 1.82) is 0 Å². The van der Waals surface area contributed by atoms with Crippen LogP contribution in [0.5, 0.6) is 5.75 Å². The Balaban J connectivity index is 1.80. The van der Waals surface area contributed by atoms with E-state index in [0.717, 1.165) is 10.0 Å². The highest BCUT2D eigenvalue weighted by molar-refractivity contribution is 9.10. The summed E-state index contributed by atoms with van der Waals surface area (Å²) in [6.07, 6.45) is 0. The van der Waals surface area contributed by atoms with Crippen molar-refractivity contribution in [3.05, 3.63) is 63.6 Å². The predicted octanol–water partition coefficient (Wildman–Crippen LogP) is 3.60. The molecule has 0 aliphatic rings. The summed E-state index contributed by atoms with van der Waals surface area (Å²) in [6.45, 7) is 0.396. The first-order chi connectivity index (χ1) is 10.5. The van der Waals surface area contributed by atoms with Crippen LogP contribution in [0.2, 0.25) is 5.02 Å².